The molecule has 0 saturated carbocycles. The topological polar surface area (TPSA) is 63.7 Å². The molecule has 1 saturated heterocycles. The van der Waals surface area contributed by atoms with E-state index >= 15 is 0 Å². The zero-order chi connectivity index (χ0) is 22.0. The van der Waals surface area contributed by atoms with Crippen molar-refractivity contribution < 1.29 is 18.7 Å². The van der Waals surface area contributed by atoms with Crippen molar-refractivity contribution in [2.75, 3.05) is 32.6 Å². The molecule has 2 aromatic carbocycles. The largest absolute Gasteiger partial charge is 0.497 e. The van der Waals surface area contributed by atoms with E-state index in [1.165, 1.54) is 12.1 Å². The zero-order valence-corrected chi connectivity index (χ0v) is 17.9. The van der Waals surface area contributed by atoms with Gasteiger partial charge in [0.05, 0.1) is 31.0 Å². The number of fused-ring (bicyclic) bond motifs is 1. The number of hydrogen-bond acceptors (Lipinski definition) is 5. The molecule has 0 unspecified atom stereocenters. The second-order valence-corrected chi connectivity index (χ2v) is 7.79. The minimum atomic E-state index is -0.336. The summed E-state index contributed by atoms with van der Waals surface area (Å²) in [5.41, 5.74) is 2.61. The molecule has 1 amide bonds. The van der Waals surface area contributed by atoms with Crippen molar-refractivity contribution in [1.82, 2.24) is 9.88 Å². The van der Waals surface area contributed by atoms with Gasteiger partial charge in [0, 0.05) is 54.5 Å². The summed E-state index contributed by atoms with van der Waals surface area (Å²) in [6.45, 7) is 3.07. The molecule has 1 aromatic heterocycles. The Bertz CT molecular complexity index is 1100. The van der Waals surface area contributed by atoms with E-state index in [4.69, 9.17) is 9.47 Å². The SMILES string of the molecule is COc1cc(N[C@H]2CCCN(C(=O)c3cc4ccc(F)cc4nc3C)C2)cc(OC)c1. The van der Waals surface area contributed by atoms with E-state index in [1.807, 2.05) is 29.2 Å². The Balaban J connectivity index is 1.52. The van der Waals surface area contributed by atoms with Crippen LogP contribution in [0.15, 0.2) is 42.5 Å². The van der Waals surface area contributed by atoms with Crippen LogP contribution < -0.4 is 14.8 Å². The van der Waals surface area contributed by atoms with Gasteiger partial charge in [0.15, 0.2) is 0 Å². The molecule has 3 aromatic rings. The number of nitrogens with one attached hydrogen (secondary N) is 1. The number of aryl methyl sites for hydroxylation is 1. The maximum Gasteiger partial charge on any atom is 0.255 e. The monoisotopic (exact) mass is 423 g/mol. The maximum absolute atomic E-state index is 13.5. The summed E-state index contributed by atoms with van der Waals surface area (Å²) < 4.78 is 24.2. The molecule has 0 radical (unpaired) electrons. The lowest BCUT2D eigenvalue weighted by atomic mass is 10.0. The molecule has 1 aliphatic heterocycles. The molecule has 31 heavy (non-hydrogen) atoms. The third-order valence-electron chi connectivity index (χ3n) is 5.63. The maximum atomic E-state index is 13.5. The van der Waals surface area contributed by atoms with Gasteiger partial charge in [-0.05, 0) is 38.0 Å². The highest BCUT2D eigenvalue weighted by molar-refractivity contribution is 5.98. The van der Waals surface area contributed by atoms with Gasteiger partial charge in [-0.15, -0.1) is 0 Å². The van der Waals surface area contributed by atoms with Crippen LogP contribution in [-0.2, 0) is 0 Å². The number of halogens is 1. The standard InChI is InChI=1S/C24H26FN3O3/c1-15-22(9-16-6-7-17(25)10-23(16)26-15)24(29)28-8-4-5-18(14-28)27-19-11-20(30-2)13-21(12-19)31-3/h6-7,9-13,18,27H,4-5,8,14H2,1-3H3/t18-/m0/s1. The number of pyridine rings is 1. The van der Waals surface area contributed by atoms with E-state index in [9.17, 15) is 9.18 Å². The average molecular weight is 423 g/mol. The Morgan fingerprint density at radius 2 is 1.87 bits per heavy atom. The molecule has 1 aliphatic rings. The summed E-state index contributed by atoms with van der Waals surface area (Å²) in [5.74, 6) is 1.03. The summed E-state index contributed by atoms with van der Waals surface area (Å²) in [4.78, 5) is 19.6. The van der Waals surface area contributed by atoms with Crippen LogP contribution in [-0.4, -0.2) is 49.1 Å². The lowest BCUT2D eigenvalue weighted by Gasteiger charge is -2.34. The summed E-state index contributed by atoms with van der Waals surface area (Å²) in [5, 5.41) is 4.26. The highest BCUT2D eigenvalue weighted by atomic mass is 19.1. The van der Waals surface area contributed by atoms with Gasteiger partial charge in [0.1, 0.15) is 17.3 Å². The molecular formula is C24H26FN3O3. The second-order valence-electron chi connectivity index (χ2n) is 7.79. The van der Waals surface area contributed by atoms with Gasteiger partial charge >= 0.3 is 0 Å². The molecule has 0 aliphatic carbocycles. The van der Waals surface area contributed by atoms with Crippen molar-refractivity contribution in [3.05, 3.63) is 59.5 Å². The Kier molecular flexibility index (Phi) is 5.93. The summed E-state index contributed by atoms with van der Waals surface area (Å²) in [6.07, 6.45) is 1.85. The van der Waals surface area contributed by atoms with Crippen molar-refractivity contribution in [2.24, 2.45) is 0 Å². The molecule has 7 heteroatoms. The summed E-state index contributed by atoms with van der Waals surface area (Å²) in [7, 11) is 3.24. The number of piperidine rings is 1. The van der Waals surface area contributed by atoms with Crippen molar-refractivity contribution in [3.8, 4) is 11.5 Å². The van der Waals surface area contributed by atoms with E-state index in [2.05, 4.69) is 10.3 Å². The summed E-state index contributed by atoms with van der Waals surface area (Å²) >= 11 is 0. The smallest absolute Gasteiger partial charge is 0.255 e. The third kappa shape index (κ3) is 4.55. The Morgan fingerprint density at radius 3 is 2.58 bits per heavy atom. The van der Waals surface area contributed by atoms with Gasteiger partial charge < -0.3 is 19.7 Å². The number of amides is 1. The highest BCUT2D eigenvalue weighted by Crippen LogP contribution is 2.28. The van der Waals surface area contributed by atoms with Crippen molar-refractivity contribution >= 4 is 22.5 Å². The first kappa shape index (κ1) is 20.9. The van der Waals surface area contributed by atoms with Crippen LogP contribution in [0.2, 0.25) is 0 Å². The van der Waals surface area contributed by atoms with Crippen LogP contribution in [0.3, 0.4) is 0 Å². The number of ether oxygens (including phenoxy) is 2. The second kappa shape index (κ2) is 8.79. The van der Waals surface area contributed by atoms with Gasteiger partial charge in [0.25, 0.3) is 5.91 Å². The van der Waals surface area contributed by atoms with E-state index < -0.39 is 0 Å². The van der Waals surface area contributed by atoms with E-state index in [-0.39, 0.29) is 17.8 Å². The van der Waals surface area contributed by atoms with Crippen LogP contribution in [0.25, 0.3) is 10.9 Å². The lowest BCUT2D eigenvalue weighted by Crippen LogP contribution is -2.45. The minimum absolute atomic E-state index is 0.0500. The number of carbonyl (C=O) groups excluding carboxylic acids is 1. The van der Waals surface area contributed by atoms with Gasteiger partial charge in [-0.2, -0.15) is 0 Å². The van der Waals surface area contributed by atoms with Crippen molar-refractivity contribution in [1.29, 1.82) is 0 Å². The predicted octanol–water partition coefficient (Wildman–Crippen LogP) is 4.42. The fraction of sp³-hybridized carbons (Fsp3) is 0.333. The Morgan fingerprint density at radius 1 is 1.13 bits per heavy atom. The van der Waals surface area contributed by atoms with E-state index in [1.54, 1.807) is 27.2 Å². The number of hydrogen-bond donors (Lipinski definition) is 1. The average Bonchev–Trinajstić information content (AvgIpc) is 2.78. The van der Waals surface area contributed by atoms with Gasteiger partial charge in [0.2, 0.25) is 0 Å². The third-order valence-corrected chi connectivity index (χ3v) is 5.63. The molecule has 162 valence electrons. The first-order valence-corrected chi connectivity index (χ1v) is 10.3. The van der Waals surface area contributed by atoms with Crippen LogP contribution in [0.1, 0.15) is 28.9 Å². The van der Waals surface area contributed by atoms with E-state index in [0.717, 1.165) is 23.9 Å². The number of rotatable bonds is 5. The number of methoxy groups -OCH3 is 2. The van der Waals surface area contributed by atoms with Crippen LogP contribution in [0.4, 0.5) is 10.1 Å². The van der Waals surface area contributed by atoms with Crippen molar-refractivity contribution in [3.63, 3.8) is 0 Å². The van der Waals surface area contributed by atoms with Crippen LogP contribution in [0.5, 0.6) is 11.5 Å². The number of nitrogens with zero attached hydrogens (tertiary/aromatic N) is 2. The highest BCUT2D eigenvalue weighted by Gasteiger charge is 2.26. The number of benzene rings is 2. The van der Waals surface area contributed by atoms with Crippen LogP contribution in [0, 0.1) is 12.7 Å². The molecule has 1 atom stereocenters. The normalized spacial score (nSPS) is 16.3. The molecule has 4 rings (SSSR count). The zero-order valence-electron chi connectivity index (χ0n) is 17.9. The molecule has 1 fully saturated rings. The first-order chi connectivity index (χ1) is 15.0. The Hall–Kier alpha value is -3.35. The molecule has 6 nitrogen and oxygen atoms in total. The minimum Gasteiger partial charge on any atom is -0.497 e. The number of likely N-dealkylation sites (tertiary alicyclic amines) is 1. The number of carbonyl (C=O) groups is 1. The molecule has 1 N–H and O–H groups in total. The fourth-order valence-corrected chi connectivity index (χ4v) is 4.03. The van der Waals surface area contributed by atoms with Crippen molar-refractivity contribution in [2.45, 2.75) is 25.8 Å². The fourth-order valence-electron chi connectivity index (χ4n) is 4.03. The molecule has 0 spiro atoms. The molecule has 2 heterocycles. The first-order valence-electron chi connectivity index (χ1n) is 10.3. The van der Waals surface area contributed by atoms with E-state index in [0.29, 0.717) is 41.4 Å². The van der Waals surface area contributed by atoms with Gasteiger partial charge in [-0.25, -0.2) is 4.39 Å². The molecular weight excluding hydrogens is 397 g/mol. The lowest BCUT2D eigenvalue weighted by molar-refractivity contribution is 0.0713. The number of anilines is 1. The Labute approximate surface area is 181 Å². The van der Waals surface area contributed by atoms with Crippen LogP contribution >= 0.6 is 0 Å². The quantitative estimate of drug-likeness (QED) is 0.658. The summed E-state index contributed by atoms with van der Waals surface area (Å²) in [6, 6.07) is 12.0. The predicted molar refractivity (Wildman–Crippen MR) is 119 cm³/mol. The van der Waals surface area contributed by atoms with Gasteiger partial charge in [-0.3, -0.25) is 9.78 Å². The number of aromatic nitrogens is 1. The molecule has 0 bridgehead atoms. The van der Waals surface area contributed by atoms with Gasteiger partial charge in [-0.1, -0.05) is 0 Å².